The highest BCUT2D eigenvalue weighted by Crippen LogP contribution is 2.42. The summed E-state index contributed by atoms with van der Waals surface area (Å²) in [7, 11) is 2.90. The van der Waals surface area contributed by atoms with Crippen LogP contribution in [0.5, 0.6) is 17.2 Å². The average molecular weight is 285 g/mol. The predicted octanol–water partition coefficient (Wildman–Crippen LogP) is 1.20. The Morgan fingerprint density at radius 3 is 2.37 bits per heavy atom. The summed E-state index contributed by atoms with van der Waals surface area (Å²) >= 11 is 1.49. The second-order valence-electron chi connectivity index (χ2n) is 4.04. The second kappa shape index (κ2) is 5.58. The van der Waals surface area contributed by atoms with Crippen molar-refractivity contribution in [3.8, 4) is 17.2 Å². The Balaban J connectivity index is 2.28. The topological polar surface area (TPSA) is 88.0 Å². The normalized spacial score (nSPS) is 22.2. The minimum absolute atomic E-state index is 0.0634. The van der Waals surface area contributed by atoms with E-state index in [1.165, 1.54) is 26.0 Å². The van der Waals surface area contributed by atoms with E-state index >= 15 is 0 Å². The van der Waals surface area contributed by atoms with E-state index in [0.29, 0.717) is 17.3 Å². The largest absolute Gasteiger partial charge is 0.502 e. The predicted molar refractivity (Wildman–Crippen MR) is 71.0 cm³/mol. The van der Waals surface area contributed by atoms with Crippen LogP contribution in [0, 0.1) is 0 Å². The highest BCUT2D eigenvalue weighted by Gasteiger charge is 2.31. The van der Waals surface area contributed by atoms with Crippen molar-refractivity contribution in [3.63, 3.8) is 0 Å². The third-order valence-corrected chi connectivity index (χ3v) is 4.15. The number of benzene rings is 1. The molecular formula is C12H15NO5S. The first-order chi connectivity index (χ1) is 9.06. The fraction of sp³-hybridized carbons (Fsp3) is 0.417. The fourth-order valence-electron chi connectivity index (χ4n) is 1.87. The van der Waals surface area contributed by atoms with Gasteiger partial charge in [0.2, 0.25) is 5.75 Å². The Labute approximate surface area is 114 Å². The van der Waals surface area contributed by atoms with E-state index in [2.05, 4.69) is 5.32 Å². The average Bonchev–Trinajstić information content (AvgIpc) is 2.89. The summed E-state index contributed by atoms with van der Waals surface area (Å²) in [5.74, 6) is 0.163. The molecule has 0 amide bonds. The van der Waals surface area contributed by atoms with Crippen LogP contribution in [0.1, 0.15) is 10.9 Å². The molecule has 1 aliphatic heterocycles. The van der Waals surface area contributed by atoms with Gasteiger partial charge in [0, 0.05) is 5.75 Å². The van der Waals surface area contributed by atoms with E-state index < -0.39 is 12.0 Å². The molecular weight excluding hydrogens is 270 g/mol. The van der Waals surface area contributed by atoms with Crippen molar-refractivity contribution in [1.29, 1.82) is 0 Å². The molecule has 0 spiro atoms. The third kappa shape index (κ3) is 2.71. The van der Waals surface area contributed by atoms with Gasteiger partial charge in [-0.3, -0.25) is 10.1 Å². The lowest BCUT2D eigenvalue weighted by atomic mass is 10.1. The summed E-state index contributed by atoms with van der Waals surface area (Å²) in [5, 5.41) is 21.6. The lowest BCUT2D eigenvalue weighted by molar-refractivity contribution is -0.138. The maximum atomic E-state index is 10.9. The molecule has 1 aromatic rings. The summed E-state index contributed by atoms with van der Waals surface area (Å²) in [5.41, 5.74) is 0.806. The molecule has 0 radical (unpaired) electrons. The number of hydrogen-bond donors (Lipinski definition) is 3. The minimum Gasteiger partial charge on any atom is -0.502 e. The molecule has 1 aromatic carbocycles. The number of carbonyl (C=O) groups is 1. The molecule has 2 rings (SSSR count). The zero-order valence-electron chi connectivity index (χ0n) is 10.5. The first kappa shape index (κ1) is 13.8. The van der Waals surface area contributed by atoms with Crippen molar-refractivity contribution in [2.24, 2.45) is 0 Å². The van der Waals surface area contributed by atoms with Gasteiger partial charge in [-0.15, -0.1) is 11.8 Å². The molecule has 0 saturated carbocycles. The van der Waals surface area contributed by atoms with Crippen molar-refractivity contribution < 1.29 is 24.5 Å². The van der Waals surface area contributed by atoms with E-state index in [-0.39, 0.29) is 11.1 Å². The molecule has 2 atom stereocenters. The smallest absolute Gasteiger partial charge is 0.321 e. The van der Waals surface area contributed by atoms with E-state index in [4.69, 9.17) is 14.6 Å². The number of hydrogen-bond acceptors (Lipinski definition) is 6. The van der Waals surface area contributed by atoms with Crippen LogP contribution in [0.15, 0.2) is 12.1 Å². The van der Waals surface area contributed by atoms with Crippen molar-refractivity contribution in [2.75, 3.05) is 20.0 Å². The van der Waals surface area contributed by atoms with Crippen LogP contribution in [-0.2, 0) is 4.79 Å². The van der Waals surface area contributed by atoms with Crippen LogP contribution >= 0.6 is 11.8 Å². The van der Waals surface area contributed by atoms with Gasteiger partial charge in [-0.1, -0.05) is 0 Å². The second-order valence-corrected chi connectivity index (χ2v) is 5.18. The Morgan fingerprint density at radius 2 is 1.95 bits per heavy atom. The molecule has 2 unspecified atom stereocenters. The number of carboxylic acid groups (broad SMARTS) is 1. The van der Waals surface area contributed by atoms with Crippen molar-refractivity contribution in [3.05, 3.63) is 17.7 Å². The van der Waals surface area contributed by atoms with Gasteiger partial charge in [-0.25, -0.2) is 0 Å². The summed E-state index contributed by atoms with van der Waals surface area (Å²) in [4.78, 5) is 10.9. The Kier molecular flexibility index (Phi) is 4.06. The molecule has 1 aliphatic rings. The number of aromatic hydroxyl groups is 1. The lowest BCUT2D eigenvalue weighted by Crippen LogP contribution is -2.33. The van der Waals surface area contributed by atoms with Crippen LogP contribution in [0.4, 0.5) is 0 Å². The first-order valence-electron chi connectivity index (χ1n) is 5.62. The molecule has 1 fully saturated rings. The molecule has 3 N–H and O–H groups in total. The van der Waals surface area contributed by atoms with E-state index in [0.717, 1.165) is 5.56 Å². The lowest BCUT2D eigenvalue weighted by Gasteiger charge is -2.15. The zero-order chi connectivity index (χ0) is 14.0. The quantitative estimate of drug-likeness (QED) is 0.766. The van der Waals surface area contributed by atoms with Crippen LogP contribution in [0.2, 0.25) is 0 Å². The third-order valence-electron chi connectivity index (χ3n) is 2.89. The highest BCUT2D eigenvalue weighted by atomic mass is 32.2. The van der Waals surface area contributed by atoms with Gasteiger partial charge in [-0.2, -0.15) is 0 Å². The summed E-state index contributed by atoms with van der Waals surface area (Å²) in [6, 6.07) is 2.78. The molecule has 1 saturated heterocycles. The number of nitrogens with one attached hydrogen (secondary N) is 1. The molecule has 0 bridgehead atoms. The number of methoxy groups -OCH3 is 2. The number of carboxylic acids is 1. The molecule has 19 heavy (non-hydrogen) atoms. The number of rotatable bonds is 4. The molecule has 6 nitrogen and oxygen atoms in total. The number of phenols is 1. The van der Waals surface area contributed by atoms with Crippen molar-refractivity contribution in [1.82, 2.24) is 5.32 Å². The number of ether oxygens (including phenoxy) is 2. The van der Waals surface area contributed by atoms with Gasteiger partial charge >= 0.3 is 5.97 Å². The number of thioether (sulfide) groups is 1. The van der Waals surface area contributed by atoms with E-state index in [1.807, 2.05) is 0 Å². The van der Waals surface area contributed by atoms with Gasteiger partial charge < -0.3 is 19.7 Å². The van der Waals surface area contributed by atoms with Crippen molar-refractivity contribution in [2.45, 2.75) is 11.4 Å². The summed E-state index contributed by atoms with van der Waals surface area (Å²) < 4.78 is 10.2. The molecule has 1 heterocycles. The van der Waals surface area contributed by atoms with E-state index in [9.17, 15) is 9.90 Å². The number of phenolic OH excluding ortho intramolecular Hbond substituents is 1. The SMILES string of the molecule is COc1cc(C2NC(C(=O)O)CS2)cc(OC)c1O. The van der Waals surface area contributed by atoms with Crippen LogP contribution in [-0.4, -0.2) is 42.2 Å². The van der Waals surface area contributed by atoms with Gasteiger partial charge in [-0.05, 0) is 17.7 Å². The zero-order valence-corrected chi connectivity index (χ0v) is 11.4. The maximum absolute atomic E-state index is 10.9. The van der Waals surface area contributed by atoms with Crippen molar-refractivity contribution >= 4 is 17.7 Å². The standard InChI is InChI=1S/C12H15NO5S/c1-17-8-3-6(4-9(18-2)10(8)14)11-13-7(5-19-11)12(15)16/h3-4,7,11,13-14H,5H2,1-2H3,(H,15,16). The first-order valence-corrected chi connectivity index (χ1v) is 6.67. The maximum Gasteiger partial charge on any atom is 0.321 e. The van der Waals surface area contributed by atoms with Gasteiger partial charge in [0.1, 0.15) is 6.04 Å². The molecule has 104 valence electrons. The molecule has 0 aromatic heterocycles. The monoisotopic (exact) mass is 285 g/mol. The van der Waals surface area contributed by atoms with Gasteiger partial charge in [0.25, 0.3) is 0 Å². The highest BCUT2D eigenvalue weighted by molar-refractivity contribution is 7.99. The minimum atomic E-state index is -0.868. The molecule has 7 heteroatoms. The number of aliphatic carboxylic acids is 1. The Morgan fingerprint density at radius 1 is 1.37 bits per heavy atom. The van der Waals surface area contributed by atoms with Gasteiger partial charge in [0.05, 0.1) is 19.6 Å². The fourth-order valence-corrected chi connectivity index (χ4v) is 3.08. The Hall–Kier alpha value is -1.60. The van der Waals surface area contributed by atoms with Crippen LogP contribution in [0.3, 0.4) is 0 Å². The summed E-state index contributed by atoms with van der Waals surface area (Å²) in [6.07, 6.45) is 0. The van der Waals surface area contributed by atoms with Gasteiger partial charge in [0.15, 0.2) is 11.5 Å². The van der Waals surface area contributed by atoms with E-state index in [1.54, 1.807) is 12.1 Å². The summed E-state index contributed by atoms with van der Waals surface area (Å²) in [6.45, 7) is 0. The van der Waals surface area contributed by atoms with Crippen LogP contribution < -0.4 is 14.8 Å². The van der Waals surface area contributed by atoms with Crippen LogP contribution in [0.25, 0.3) is 0 Å². The molecule has 0 aliphatic carbocycles. The Bertz CT molecular complexity index is 468.